The predicted molar refractivity (Wildman–Crippen MR) is 125 cm³/mol. The highest BCUT2D eigenvalue weighted by Gasteiger charge is 2.34. The van der Waals surface area contributed by atoms with Gasteiger partial charge in [-0.2, -0.15) is 0 Å². The first-order chi connectivity index (χ1) is 14.5. The van der Waals surface area contributed by atoms with Gasteiger partial charge in [-0.25, -0.2) is 0 Å². The van der Waals surface area contributed by atoms with Gasteiger partial charge >= 0.3 is 0 Å². The summed E-state index contributed by atoms with van der Waals surface area (Å²) in [4.78, 5) is 26.5. The third-order valence-electron chi connectivity index (χ3n) is 4.05. The predicted octanol–water partition coefficient (Wildman–Crippen LogP) is 4.43. The van der Waals surface area contributed by atoms with Crippen LogP contribution in [0.25, 0.3) is 6.08 Å². The van der Waals surface area contributed by atoms with Gasteiger partial charge in [-0.15, -0.1) is 6.42 Å². The smallest absolute Gasteiger partial charge is 0.293 e. The van der Waals surface area contributed by atoms with Gasteiger partial charge in [0.2, 0.25) is 0 Å². The Kier molecular flexibility index (Phi) is 7.65. The molecule has 2 amide bonds. The van der Waals surface area contributed by atoms with E-state index in [0.717, 1.165) is 20.9 Å². The summed E-state index contributed by atoms with van der Waals surface area (Å²) < 4.78 is 17.3. The summed E-state index contributed by atoms with van der Waals surface area (Å²) in [6, 6.07) is 12.8. The Hall–Kier alpha value is -2.64. The first kappa shape index (κ1) is 22.1. The number of benzene rings is 2. The molecule has 1 aliphatic rings. The highest BCUT2D eigenvalue weighted by Crippen LogP contribution is 2.37. The Morgan fingerprint density at radius 2 is 1.97 bits per heavy atom. The Labute approximate surface area is 192 Å². The van der Waals surface area contributed by atoms with E-state index in [0.29, 0.717) is 22.2 Å². The van der Waals surface area contributed by atoms with Gasteiger partial charge in [0.05, 0.1) is 22.1 Å². The Bertz CT molecular complexity index is 1020. The van der Waals surface area contributed by atoms with E-state index < -0.39 is 0 Å². The first-order valence-electron chi connectivity index (χ1n) is 8.90. The molecular weight excluding hydrogens is 517 g/mol. The SMILES string of the molecule is C#CCOc1c(I)cc(/C=C2\SC(=O)N(CCOc3ccccc3)C2=O)cc1OC. The van der Waals surface area contributed by atoms with Crippen LogP contribution in [0, 0.1) is 15.9 Å². The molecule has 1 heterocycles. The van der Waals surface area contributed by atoms with Gasteiger partial charge in [0.25, 0.3) is 11.1 Å². The molecule has 0 aliphatic carbocycles. The zero-order valence-corrected chi connectivity index (χ0v) is 19.1. The lowest BCUT2D eigenvalue weighted by Gasteiger charge is -2.13. The van der Waals surface area contributed by atoms with Crippen molar-refractivity contribution in [2.75, 3.05) is 26.9 Å². The third kappa shape index (κ3) is 5.29. The van der Waals surface area contributed by atoms with Crippen LogP contribution in [0.2, 0.25) is 0 Å². The van der Waals surface area contributed by atoms with E-state index in [4.69, 9.17) is 20.6 Å². The minimum Gasteiger partial charge on any atom is -0.493 e. The monoisotopic (exact) mass is 535 g/mol. The first-order valence-corrected chi connectivity index (χ1v) is 10.8. The molecular formula is C22H18INO5S. The number of carbonyl (C=O) groups excluding carboxylic acids is 2. The van der Waals surface area contributed by atoms with Gasteiger partial charge in [-0.3, -0.25) is 14.5 Å². The number of carbonyl (C=O) groups is 2. The van der Waals surface area contributed by atoms with E-state index in [-0.39, 0.29) is 30.9 Å². The number of thioether (sulfide) groups is 1. The van der Waals surface area contributed by atoms with Crippen molar-refractivity contribution in [2.24, 2.45) is 0 Å². The van der Waals surface area contributed by atoms with Gasteiger partial charge in [-0.1, -0.05) is 24.1 Å². The molecule has 3 rings (SSSR count). The summed E-state index contributed by atoms with van der Waals surface area (Å²) in [5, 5.41) is -0.321. The van der Waals surface area contributed by atoms with Crippen LogP contribution in [0.4, 0.5) is 4.79 Å². The van der Waals surface area contributed by atoms with E-state index in [1.165, 1.54) is 12.0 Å². The topological polar surface area (TPSA) is 65.1 Å². The van der Waals surface area contributed by atoms with Gasteiger partial charge in [0.15, 0.2) is 11.5 Å². The number of hydrogen-bond donors (Lipinski definition) is 0. The minimum atomic E-state index is -0.344. The van der Waals surface area contributed by atoms with Crippen molar-refractivity contribution in [3.8, 4) is 29.6 Å². The summed E-state index contributed by atoms with van der Waals surface area (Å²) in [6.07, 6.45) is 6.92. The van der Waals surface area contributed by atoms with E-state index >= 15 is 0 Å². The van der Waals surface area contributed by atoms with Gasteiger partial charge < -0.3 is 14.2 Å². The van der Waals surface area contributed by atoms with Crippen molar-refractivity contribution >= 4 is 51.6 Å². The lowest BCUT2D eigenvalue weighted by Crippen LogP contribution is -2.32. The third-order valence-corrected chi connectivity index (χ3v) is 5.76. The summed E-state index contributed by atoms with van der Waals surface area (Å²) in [6.45, 7) is 0.522. The van der Waals surface area contributed by atoms with E-state index in [2.05, 4.69) is 28.5 Å². The zero-order chi connectivity index (χ0) is 21.5. The molecule has 1 fully saturated rings. The fourth-order valence-electron chi connectivity index (χ4n) is 2.69. The van der Waals surface area contributed by atoms with Crippen molar-refractivity contribution in [2.45, 2.75) is 0 Å². The van der Waals surface area contributed by atoms with Crippen molar-refractivity contribution in [1.82, 2.24) is 4.90 Å². The van der Waals surface area contributed by atoms with E-state index in [1.54, 1.807) is 12.1 Å². The number of amides is 2. The number of ether oxygens (including phenoxy) is 3. The summed E-state index contributed by atoms with van der Waals surface area (Å²) in [5.41, 5.74) is 0.718. The van der Waals surface area contributed by atoms with Crippen molar-refractivity contribution in [3.63, 3.8) is 0 Å². The second-order valence-corrected chi connectivity index (χ2v) is 8.18. The van der Waals surface area contributed by atoms with Crippen LogP contribution in [0.1, 0.15) is 5.56 Å². The Morgan fingerprint density at radius 3 is 2.67 bits per heavy atom. The zero-order valence-electron chi connectivity index (χ0n) is 16.1. The number of rotatable bonds is 8. The average molecular weight is 535 g/mol. The molecule has 0 unspecified atom stereocenters. The maximum atomic E-state index is 12.7. The number of imide groups is 1. The quantitative estimate of drug-likeness (QED) is 0.283. The molecule has 8 heteroatoms. The maximum absolute atomic E-state index is 12.7. The number of methoxy groups -OCH3 is 1. The van der Waals surface area contributed by atoms with Crippen LogP contribution in [-0.2, 0) is 4.79 Å². The number of nitrogens with zero attached hydrogens (tertiary/aromatic N) is 1. The molecule has 0 saturated carbocycles. The Morgan fingerprint density at radius 1 is 1.20 bits per heavy atom. The standard InChI is InChI=1S/C22H18INO5S/c1-3-10-29-20-17(23)12-15(13-18(20)27-2)14-19-21(25)24(22(26)30-19)9-11-28-16-7-5-4-6-8-16/h1,4-8,12-14H,9-11H2,2H3/b19-14-. The molecule has 0 bridgehead atoms. The molecule has 0 radical (unpaired) electrons. The molecule has 1 aliphatic heterocycles. The number of halogens is 1. The molecule has 0 aromatic heterocycles. The lowest BCUT2D eigenvalue weighted by atomic mass is 10.2. The van der Waals surface area contributed by atoms with Crippen LogP contribution in [0.3, 0.4) is 0 Å². The fraction of sp³-hybridized carbons (Fsp3) is 0.182. The highest BCUT2D eigenvalue weighted by atomic mass is 127. The van der Waals surface area contributed by atoms with E-state index in [1.807, 2.05) is 36.4 Å². The molecule has 0 spiro atoms. The van der Waals surface area contributed by atoms with Gasteiger partial charge in [0.1, 0.15) is 19.0 Å². The van der Waals surface area contributed by atoms with Crippen LogP contribution >= 0.6 is 34.4 Å². The maximum Gasteiger partial charge on any atom is 0.293 e. The molecule has 1 saturated heterocycles. The Balaban J connectivity index is 1.71. The highest BCUT2D eigenvalue weighted by molar-refractivity contribution is 14.1. The molecule has 6 nitrogen and oxygen atoms in total. The summed E-state index contributed by atoms with van der Waals surface area (Å²) >= 11 is 3.01. The fourth-order valence-corrected chi connectivity index (χ4v) is 4.34. The minimum absolute atomic E-state index is 0.121. The van der Waals surface area contributed by atoms with Crippen LogP contribution in [0.5, 0.6) is 17.2 Å². The summed E-state index contributed by atoms with van der Waals surface area (Å²) in [7, 11) is 1.53. The second-order valence-electron chi connectivity index (χ2n) is 6.02. The summed E-state index contributed by atoms with van der Waals surface area (Å²) in [5.74, 6) is 3.80. The normalized spacial score (nSPS) is 14.7. The van der Waals surface area contributed by atoms with Crippen molar-refractivity contribution < 1.29 is 23.8 Å². The van der Waals surface area contributed by atoms with Crippen LogP contribution in [0.15, 0.2) is 47.4 Å². The second kappa shape index (κ2) is 10.4. The molecule has 0 N–H and O–H groups in total. The lowest BCUT2D eigenvalue weighted by molar-refractivity contribution is -0.123. The molecule has 30 heavy (non-hydrogen) atoms. The van der Waals surface area contributed by atoms with Crippen LogP contribution in [-0.4, -0.2) is 42.9 Å². The molecule has 154 valence electrons. The number of terminal acetylenes is 1. The van der Waals surface area contributed by atoms with Crippen LogP contribution < -0.4 is 14.2 Å². The van der Waals surface area contributed by atoms with Gasteiger partial charge in [0, 0.05) is 0 Å². The number of para-hydroxylation sites is 1. The van der Waals surface area contributed by atoms with E-state index in [9.17, 15) is 9.59 Å². The molecule has 2 aromatic rings. The largest absolute Gasteiger partial charge is 0.493 e. The molecule has 0 atom stereocenters. The van der Waals surface area contributed by atoms with Crippen molar-refractivity contribution in [1.29, 1.82) is 0 Å². The average Bonchev–Trinajstić information content (AvgIpc) is 3.00. The number of hydrogen-bond acceptors (Lipinski definition) is 6. The molecule has 2 aromatic carbocycles. The van der Waals surface area contributed by atoms with Crippen molar-refractivity contribution in [3.05, 3.63) is 56.5 Å². The van der Waals surface area contributed by atoms with Gasteiger partial charge in [-0.05, 0) is 70.3 Å².